The number of nitrogens with one attached hydrogen (secondary N) is 1. The van der Waals surface area contributed by atoms with Crippen LogP contribution in [0.15, 0.2) is 30.6 Å². The highest BCUT2D eigenvalue weighted by atomic mass is 16.5. The fraction of sp³-hybridized carbons (Fsp3) is 0.421. The van der Waals surface area contributed by atoms with Crippen molar-refractivity contribution in [3.63, 3.8) is 0 Å². The fourth-order valence-corrected chi connectivity index (χ4v) is 3.58. The number of methoxy groups -OCH3 is 1. The molecule has 130 valence electrons. The molecule has 6 heteroatoms. The Morgan fingerprint density at radius 1 is 1.28 bits per heavy atom. The number of hydrogen-bond acceptors (Lipinski definition) is 5. The van der Waals surface area contributed by atoms with Gasteiger partial charge >= 0.3 is 0 Å². The standard InChI is InChI=1S/C19H23N5O/c1-13-5-3-6-15-18(13)23-19(22-15)16-7-4-8-24(16)11-14-9-20-17(12-25-2)21-10-14/h3,5-6,9-10,16H,4,7-8,11-12H2,1-2H3,(H,22,23)/t16-/m1/s1. The van der Waals surface area contributed by atoms with Crippen LogP contribution in [0.2, 0.25) is 0 Å². The van der Waals surface area contributed by atoms with Gasteiger partial charge in [-0.2, -0.15) is 0 Å². The zero-order valence-corrected chi connectivity index (χ0v) is 14.7. The molecule has 4 rings (SSSR count). The Hall–Kier alpha value is -2.31. The first-order valence-corrected chi connectivity index (χ1v) is 8.72. The van der Waals surface area contributed by atoms with Gasteiger partial charge in [-0.25, -0.2) is 15.0 Å². The van der Waals surface area contributed by atoms with Gasteiger partial charge in [0.2, 0.25) is 0 Å². The Balaban J connectivity index is 1.54. The summed E-state index contributed by atoms with van der Waals surface area (Å²) in [6.45, 7) is 4.47. The smallest absolute Gasteiger partial charge is 0.153 e. The van der Waals surface area contributed by atoms with Gasteiger partial charge < -0.3 is 9.72 Å². The lowest BCUT2D eigenvalue weighted by Crippen LogP contribution is -2.23. The maximum Gasteiger partial charge on any atom is 0.153 e. The second-order valence-electron chi connectivity index (χ2n) is 6.66. The number of fused-ring (bicyclic) bond motifs is 1. The molecule has 0 unspecified atom stereocenters. The van der Waals surface area contributed by atoms with Crippen LogP contribution in [0.4, 0.5) is 0 Å². The van der Waals surface area contributed by atoms with E-state index in [1.165, 1.54) is 12.0 Å². The Kier molecular flexibility index (Phi) is 4.46. The number of imidazole rings is 1. The summed E-state index contributed by atoms with van der Waals surface area (Å²) in [5.41, 5.74) is 4.54. The number of nitrogens with zero attached hydrogens (tertiary/aromatic N) is 4. The van der Waals surface area contributed by atoms with Gasteiger partial charge in [-0.3, -0.25) is 4.90 Å². The number of H-pyrrole nitrogens is 1. The summed E-state index contributed by atoms with van der Waals surface area (Å²) < 4.78 is 5.07. The van der Waals surface area contributed by atoms with Crippen molar-refractivity contribution >= 4 is 11.0 Å². The average molecular weight is 337 g/mol. The zero-order chi connectivity index (χ0) is 17.2. The minimum absolute atomic E-state index is 0.324. The topological polar surface area (TPSA) is 66.9 Å². The molecule has 1 fully saturated rings. The van der Waals surface area contributed by atoms with Crippen LogP contribution in [0, 0.1) is 6.92 Å². The second kappa shape index (κ2) is 6.90. The van der Waals surface area contributed by atoms with Crippen LogP contribution in [0.1, 0.15) is 41.7 Å². The summed E-state index contributed by atoms with van der Waals surface area (Å²) in [4.78, 5) is 19.6. The third-order valence-electron chi connectivity index (χ3n) is 4.83. The van der Waals surface area contributed by atoms with Gasteiger partial charge in [0.1, 0.15) is 12.4 Å². The number of aromatic nitrogens is 4. The molecule has 6 nitrogen and oxygen atoms in total. The van der Waals surface area contributed by atoms with E-state index < -0.39 is 0 Å². The first-order chi connectivity index (χ1) is 12.2. The lowest BCUT2D eigenvalue weighted by molar-refractivity contribution is 0.177. The first-order valence-electron chi connectivity index (χ1n) is 8.72. The van der Waals surface area contributed by atoms with Gasteiger partial charge in [0.15, 0.2) is 5.82 Å². The Morgan fingerprint density at radius 2 is 2.12 bits per heavy atom. The van der Waals surface area contributed by atoms with Gasteiger partial charge in [-0.15, -0.1) is 0 Å². The molecular formula is C19H23N5O. The molecule has 25 heavy (non-hydrogen) atoms. The number of likely N-dealkylation sites (tertiary alicyclic amines) is 1. The summed E-state index contributed by atoms with van der Waals surface area (Å²) in [6.07, 6.45) is 6.11. The van der Waals surface area contributed by atoms with Crippen LogP contribution in [0.25, 0.3) is 11.0 Å². The molecule has 0 saturated carbocycles. The molecule has 1 aliphatic rings. The van der Waals surface area contributed by atoms with Crippen molar-refractivity contribution in [2.45, 2.75) is 39.0 Å². The highest BCUT2D eigenvalue weighted by Crippen LogP contribution is 2.32. The fourth-order valence-electron chi connectivity index (χ4n) is 3.58. The Bertz CT molecular complexity index is 858. The zero-order valence-electron chi connectivity index (χ0n) is 14.7. The predicted octanol–water partition coefficient (Wildman–Crippen LogP) is 3.14. The maximum atomic E-state index is 5.07. The summed E-state index contributed by atoms with van der Waals surface area (Å²) in [7, 11) is 1.65. The number of hydrogen-bond donors (Lipinski definition) is 1. The molecule has 0 bridgehead atoms. The molecule has 0 radical (unpaired) electrons. The Morgan fingerprint density at radius 3 is 2.88 bits per heavy atom. The molecule has 0 aliphatic carbocycles. The lowest BCUT2D eigenvalue weighted by atomic mass is 10.2. The van der Waals surface area contributed by atoms with E-state index in [1.54, 1.807) is 7.11 Å². The van der Waals surface area contributed by atoms with Gasteiger partial charge in [0.25, 0.3) is 0 Å². The molecule has 1 aliphatic heterocycles. The van der Waals surface area contributed by atoms with Crippen LogP contribution >= 0.6 is 0 Å². The van der Waals surface area contributed by atoms with Crippen LogP contribution in [-0.4, -0.2) is 38.5 Å². The van der Waals surface area contributed by atoms with E-state index in [-0.39, 0.29) is 0 Å². The Labute approximate surface area is 147 Å². The molecule has 1 atom stereocenters. The highest BCUT2D eigenvalue weighted by molar-refractivity contribution is 5.78. The van der Waals surface area contributed by atoms with Crippen LogP contribution in [0.3, 0.4) is 0 Å². The van der Waals surface area contributed by atoms with Crippen molar-refractivity contribution in [1.29, 1.82) is 0 Å². The third kappa shape index (κ3) is 3.27. The van der Waals surface area contributed by atoms with Crippen molar-refractivity contribution in [1.82, 2.24) is 24.8 Å². The molecule has 1 aromatic carbocycles. The molecule has 0 amide bonds. The minimum Gasteiger partial charge on any atom is -0.377 e. The monoisotopic (exact) mass is 337 g/mol. The van der Waals surface area contributed by atoms with Gasteiger partial charge in [-0.1, -0.05) is 12.1 Å². The highest BCUT2D eigenvalue weighted by Gasteiger charge is 2.28. The molecule has 1 saturated heterocycles. The summed E-state index contributed by atoms with van der Waals surface area (Å²) in [6, 6.07) is 6.61. The maximum absolute atomic E-state index is 5.07. The number of benzene rings is 1. The second-order valence-corrected chi connectivity index (χ2v) is 6.66. The molecule has 3 heterocycles. The predicted molar refractivity (Wildman–Crippen MR) is 96.0 cm³/mol. The van der Waals surface area contributed by atoms with E-state index in [4.69, 9.17) is 9.72 Å². The van der Waals surface area contributed by atoms with Crippen molar-refractivity contribution in [2.75, 3.05) is 13.7 Å². The molecular weight excluding hydrogens is 314 g/mol. The molecule has 0 spiro atoms. The third-order valence-corrected chi connectivity index (χ3v) is 4.83. The SMILES string of the molecule is COCc1ncc(CN2CCC[C@@H]2c2nc3c(C)cccc3[nH]2)cn1. The van der Waals surface area contributed by atoms with Crippen LogP contribution in [0.5, 0.6) is 0 Å². The van der Waals surface area contributed by atoms with Crippen molar-refractivity contribution < 1.29 is 4.74 Å². The number of rotatable bonds is 5. The largest absolute Gasteiger partial charge is 0.377 e. The van der Waals surface area contributed by atoms with Crippen molar-refractivity contribution in [3.05, 3.63) is 53.4 Å². The molecule has 1 N–H and O–H groups in total. The van der Waals surface area contributed by atoms with E-state index in [1.807, 2.05) is 12.4 Å². The number of para-hydroxylation sites is 1. The molecule has 3 aromatic rings. The van der Waals surface area contributed by atoms with Crippen LogP contribution < -0.4 is 0 Å². The normalized spacial score (nSPS) is 18.2. The average Bonchev–Trinajstić information content (AvgIpc) is 3.24. The van der Waals surface area contributed by atoms with E-state index in [2.05, 4.69) is 45.0 Å². The summed E-state index contributed by atoms with van der Waals surface area (Å²) in [5.74, 6) is 1.79. The lowest BCUT2D eigenvalue weighted by Gasteiger charge is -2.22. The van der Waals surface area contributed by atoms with Crippen LogP contribution in [-0.2, 0) is 17.9 Å². The van der Waals surface area contributed by atoms with E-state index >= 15 is 0 Å². The number of aryl methyl sites for hydroxylation is 1. The van der Waals surface area contributed by atoms with Gasteiger partial charge in [0, 0.05) is 31.6 Å². The quantitative estimate of drug-likeness (QED) is 0.775. The van der Waals surface area contributed by atoms with E-state index in [9.17, 15) is 0 Å². The molecule has 2 aromatic heterocycles. The van der Waals surface area contributed by atoms with E-state index in [0.717, 1.165) is 47.8 Å². The van der Waals surface area contributed by atoms with Crippen molar-refractivity contribution in [3.8, 4) is 0 Å². The van der Waals surface area contributed by atoms with Gasteiger partial charge in [-0.05, 0) is 37.9 Å². The minimum atomic E-state index is 0.324. The van der Waals surface area contributed by atoms with E-state index in [0.29, 0.717) is 12.6 Å². The number of aromatic amines is 1. The summed E-state index contributed by atoms with van der Waals surface area (Å²) >= 11 is 0. The van der Waals surface area contributed by atoms with Gasteiger partial charge in [0.05, 0.1) is 17.1 Å². The first kappa shape index (κ1) is 16.2. The number of ether oxygens (including phenoxy) is 1. The van der Waals surface area contributed by atoms with Crippen molar-refractivity contribution in [2.24, 2.45) is 0 Å². The summed E-state index contributed by atoms with van der Waals surface area (Å²) in [5, 5.41) is 0.